The van der Waals surface area contributed by atoms with Crippen molar-refractivity contribution in [1.29, 1.82) is 0 Å². The van der Waals surface area contributed by atoms with Crippen LogP contribution in [0.25, 0.3) is 0 Å². The highest BCUT2D eigenvalue weighted by molar-refractivity contribution is 14.1. The number of hydrogen-bond donors (Lipinski definition) is 0. The molecule has 1 aromatic heterocycles. The molecule has 0 bridgehead atoms. The van der Waals surface area contributed by atoms with E-state index in [1.807, 2.05) is 0 Å². The van der Waals surface area contributed by atoms with Crippen molar-refractivity contribution in [3.63, 3.8) is 0 Å². The van der Waals surface area contributed by atoms with Crippen LogP contribution in [0.5, 0.6) is 0 Å². The van der Waals surface area contributed by atoms with E-state index in [1.54, 1.807) is 7.11 Å². The molecule has 5 heteroatoms. The van der Waals surface area contributed by atoms with Crippen LogP contribution in [0, 0.1) is 3.57 Å². The molecule has 0 radical (unpaired) electrons. The molecule has 0 aromatic carbocycles. The van der Waals surface area contributed by atoms with Crippen LogP contribution in [0.15, 0.2) is 0 Å². The molecule has 1 fully saturated rings. The average Bonchev–Trinajstić information content (AvgIpc) is 2.78. The molecular weight excluding hydrogens is 338 g/mol. The molecule has 1 aliphatic rings. The smallest absolute Gasteiger partial charge is 0.146 e. The van der Waals surface area contributed by atoms with Crippen molar-refractivity contribution in [1.82, 2.24) is 9.97 Å². The highest BCUT2D eigenvalue weighted by Crippen LogP contribution is 2.33. The summed E-state index contributed by atoms with van der Waals surface area (Å²) in [4.78, 5) is 8.97. The van der Waals surface area contributed by atoms with Crippen LogP contribution in [-0.4, -0.2) is 17.1 Å². The molecule has 0 aliphatic heterocycles. The molecule has 0 N–H and O–H groups in total. The van der Waals surface area contributed by atoms with E-state index in [1.165, 1.54) is 25.7 Å². The summed E-state index contributed by atoms with van der Waals surface area (Å²) in [6, 6.07) is 0. The quantitative estimate of drug-likeness (QED) is 0.616. The summed E-state index contributed by atoms with van der Waals surface area (Å²) in [6.45, 7) is 0.500. The van der Waals surface area contributed by atoms with E-state index in [9.17, 15) is 0 Å². The predicted molar refractivity (Wildman–Crippen MR) is 71.7 cm³/mol. The Hall–Kier alpha value is 0.0600. The van der Waals surface area contributed by atoms with Gasteiger partial charge in [0.25, 0.3) is 0 Å². The number of methoxy groups -OCH3 is 1. The van der Waals surface area contributed by atoms with Crippen LogP contribution < -0.4 is 0 Å². The van der Waals surface area contributed by atoms with Crippen LogP contribution in [0.3, 0.4) is 0 Å². The normalized spacial score (nSPS) is 16.9. The highest BCUT2D eigenvalue weighted by atomic mass is 127. The molecule has 0 saturated heterocycles. The van der Waals surface area contributed by atoms with Gasteiger partial charge in [0.1, 0.15) is 11.0 Å². The Morgan fingerprint density at radius 1 is 1.38 bits per heavy atom. The predicted octanol–water partition coefficient (Wildman–Crippen LogP) is 3.54. The van der Waals surface area contributed by atoms with Gasteiger partial charge in [-0.1, -0.05) is 24.4 Å². The molecule has 0 spiro atoms. The minimum Gasteiger partial charge on any atom is -0.378 e. The average molecular weight is 353 g/mol. The van der Waals surface area contributed by atoms with Gasteiger partial charge in [-0.3, -0.25) is 0 Å². The third-order valence-corrected chi connectivity index (χ3v) is 4.62. The second-order valence-electron chi connectivity index (χ2n) is 4.05. The number of rotatable bonds is 3. The van der Waals surface area contributed by atoms with E-state index >= 15 is 0 Å². The second kappa shape index (κ2) is 5.60. The molecule has 3 nitrogen and oxygen atoms in total. The maximum absolute atomic E-state index is 6.12. The van der Waals surface area contributed by atoms with Gasteiger partial charge in [0.2, 0.25) is 0 Å². The largest absolute Gasteiger partial charge is 0.378 e. The number of halogens is 2. The van der Waals surface area contributed by atoms with Crippen molar-refractivity contribution in [3.05, 3.63) is 20.2 Å². The van der Waals surface area contributed by atoms with Gasteiger partial charge in [-0.15, -0.1) is 0 Å². The zero-order valence-electron chi connectivity index (χ0n) is 9.17. The van der Waals surface area contributed by atoms with E-state index in [-0.39, 0.29) is 0 Å². The monoisotopic (exact) mass is 352 g/mol. The molecule has 16 heavy (non-hydrogen) atoms. The topological polar surface area (TPSA) is 35.0 Å². The van der Waals surface area contributed by atoms with Crippen LogP contribution >= 0.6 is 34.2 Å². The summed E-state index contributed by atoms with van der Waals surface area (Å²) in [5.74, 6) is 1.39. The molecule has 1 saturated carbocycles. The molecule has 0 unspecified atom stereocenters. The van der Waals surface area contributed by atoms with Crippen molar-refractivity contribution in [2.45, 2.75) is 38.2 Å². The van der Waals surface area contributed by atoms with E-state index in [0.717, 1.165) is 15.1 Å². The molecule has 1 aromatic rings. The Kier molecular flexibility index (Phi) is 4.38. The van der Waals surface area contributed by atoms with Crippen molar-refractivity contribution in [2.24, 2.45) is 0 Å². The number of ether oxygens (including phenoxy) is 1. The van der Waals surface area contributed by atoms with Crippen molar-refractivity contribution >= 4 is 34.2 Å². The van der Waals surface area contributed by atoms with Gasteiger partial charge >= 0.3 is 0 Å². The molecule has 0 atom stereocenters. The van der Waals surface area contributed by atoms with E-state index in [4.69, 9.17) is 16.3 Å². The second-order valence-corrected chi connectivity index (χ2v) is 5.48. The minimum atomic E-state index is 0.491. The summed E-state index contributed by atoms with van der Waals surface area (Å²) in [5, 5.41) is 0.560. The van der Waals surface area contributed by atoms with Crippen LogP contribution in [-0.2, 0) is 11.3 Å². The first-order valence-corrected chi connectivity index (χ1v) is 6.88. The number of aromatic nitrogens is 2. The van der Waals surface area contributed by atoms with E-state index in [0.29, 0.717) is 17.7 Å². The fraction of sp³-hybridized carbons (Fsp3) is 0.636. The van der Waals surface area contributed by atoms with Gasteiger partial charge < -0.3 is 4.74 Å². The Morgan fingerprint density at radius 2 is 2.06 bits per heavy atom. The Morgan fingerprint density at radius 3 is 2.69 bits per heavy atom. The molecule has 1 aliphatic carbocycles. The number of nitrogens with zero attached hydrogens (tertiary/aromatic N) is 2. The first-order chi connectivity index (χ1) is 7.72. The lowest BCUT2D eigenvalue weighted by Gasteiger charge is -2.11. The Balaban J connectivity index is 2.31. The molecular formula is C11H14ClIN2O. The third kappa shape index (κ3) is 2.65. The van der Waals surface area contributed by atoms with Crippen LogP contribution in [0.1, 0.15) is 43.1 Å². The molecule has 2 rings (SSSR count). The maximum atomic E-state index is 6.12. The summed E-state index contributed by atoms with van der Waals surface area (Å²) in [7, 11) is 1.67. The van der Waals surface area contributed by atoms with E-state index < -0.39 is 0 Å². The SMILES string of the molecule is COCc1nc(C2CCCC2)nc(Cl)c1I. The Labute approximate surface area is 114 Å². The zero-order chi connectivity index (χ0) is 11.5. The first-order valence-electron chi connectivity index (χ1n) is 5.43. The highest BCUT2D eigenvalue weighted by Gasteiger charge is 2.22. The lowest BCUT2D eigenvalue weighted by atomic mass is 10.1. The lowest BCUT2D eigenvalue weighted by molar-refractivity contribution is 0.180. The Bertz CT molecular complexity index is 380. The van der Waals surface area contributed by atoms with Gasteiger partial charge in [0.15, 0.2) is 0 Å². The first kappa shape index (κ1) is 12.5. The summed E-state index contributed by atoms with van der Waals surface area (Å²) < 4.78 is 6.03. The molecule has 1 heterocycles. The minimum absolute atomic E-state index is 0.491. The van der Waals surface area contributed by atoms with Gasteiger partial charge in [-0.2, -0.15) is 0 Å². The maximum Gasteiger partial charge on any atom is 0.146 e. The third-order valence-electron chi connectivity index (χ3n) is 2.90. The van der Waals surface area contributed by atoms with Gasteiger partial charge in [0.05, 0.1) is 15.9 Å². The van der Waals surface area contributed by atoms with Gasteiger partial charge in [0, 0.05) is 13.0 Å². The van der Waals surface area contributed by atoms with Gasteiger partial charge in [-0.05, 0) is 35.4 Å². The van der Waals surface area contributed by atoms with Crippen LogP contribution in [0.2, 0.25) is 5.15 Å². The van der Waals surface area contributed by atoms with Crippen LogP contribution in [0.4, 0.5) is 0 Å². The van der Waals surface area contributed by atoms with E-state index in [2.05, 4.69) is 32.6 Å². The summed E-state index contributed by atoms with van der Waals surface area (Å²) in [5.41, 5.74) is 0.907. The standard InChI is InChI=1S/C11H14ClIN2O/c1-16-6-8-9(13)10(12)15-11(14-8)7-4-2-3-5-7/h7H,2-6H2,1H3. The summed E-state index contributed by atoms with van der Waals surface area (Å²) >= 11 is 8.29. The fourth-order valence-corrected chi connectivity index (χ4v) is 2.67. The van der Waals surface area contributed by atoms with Crippen molar-refractivity contribution in [3.8, 4) is 0 Å². The molecule has 0 amide bonds. The van der Waals surface area contributed by atoms with Crippen molar-refractivity contribution in [2.75, 3.05) is 7.11 Å². The lowest BCUT2D eigenvalue weighted by Crippen LogP contribution is -2.07. The fourth-order valence-electron chi connectivity index (χ4n) is 2.08. The number of hydrogen-bond acceptors (Lipinski definition) is 3. The van der Waals surface area contributed by atoms with Gasteiger partial charge in [-0.25, -0.2) is 9.97 Å². The summed E-state index contributed by atoms with van der Waals surface area (Å²) in [6.07, 6.45) is 4.92. The van der Waals surface area contributed by atoms with Crippen molar-refractivity contribution < 1.29 is 4.74 Å². The zero-order valence-corrected chi connectivity index (χ0v) is 12.1. The molecule has 88 valence electrons.